The van der Waals surface area contributed by atoms with E-state index in [2.05, 4.69) is 24.2 Å². The molecule has 2 aromatic rings. The Hall–Kier alpha value is -1.58. The van der Waals surface area contributed by atoms with Crippen LogP contribution in [0.4, 0.5) is 0 Å². The molecule has 0 radical (unpaired) electrons. The van der Waals surface area contributed by atoms with E-state index in [0.717, 1.165) is 23.2 Å². The quantitative estimate of drug-likeness (QED) is 0.772. The number of ether oxygens (including phenoxy) is 1. The molecule has 15 heavy (non-hydrogen) atoms. The zero-order valence-electron chi connectivity index (χ0n) is 9.27. The highest BCUT2D eigenvalue weighted by molar-refractivity contribution is 5.76. The maximum Gasteiger partial charge on any atom is 0.121 e. The van der Waals surface area contributed by atoms with Crippen LogP contribution in [-0.2, 0) is 0 Å². The molecule has 4 heteroatoms. The third-order valence-corrected chi connectivity index (χ3v) is 2.69. The van der Waals surface area contributed by atoms with Crippen molar-refractivity contribution in [3.63, 3.8) is 0 Å². The Morgan fingerprint density at radius 1 is 1.47 bits per heavy atom. The summed E-state index contributed by atoms with van der Waals surface area (Å²) in [7, 11) is 1.67. The van der Waals surface area contributed by atoms with Crippen LogP contribution in [0.2, 0.25) is 0 Å². The highest BCUT2D eigenvalue weighted by atomic mass is 16.5. The van der Waals surface area contributed by atoms with Gasteiger partial charge in [-0.2, -0.15) is 0 Å². The second-order valence-electron chi connectivity index (χ2n) is 3.65. The minimum Gasteiger partial charge on any atom is -0.497 e. The van der Waals surface area contributed by atoms with Gasteiger partial charge >= 0.3 is 0 Å². The molecule has 1 heterocycles. The molecule has 1 aromatic carbocycles. The molecule has 0 amide bonds. The van der Waals surface area contributed by atoms with Gasteiger partial charge in [-0.05, 0) is 25.5 Å². The zero-order valence-corrected chi connectivity index (χ0v) is 9.27. The Morgan fingerprint density at radius 3 is 2.93 bits per heavy atom. The van der Waals surface area contributed by atoms with Crippen LogP contribution >= 0.6 is 0 Å². The first-order valence-corrected chi connectivity index (χ1v) is 5.15. The van der Waals surface area contributed by atoms with Gasteiger partial charge in [-0.15, -0.1) is 5.10 Å². The summed E-state index contributed by atoms with van der Waals surface area (Å²) in [5, 5.41) is 8.27. The minimum atomic E-state index is 0.363. The summed E-state index contributed by atoms with van der Waals surface area (Å²) in [5.74, 6) is 0.842. The fourth-order valence-corrected chi connectivity index (χ4v) is 1.54. The number of nitrogens with zero attached hydrogens (tertiary/aromatic N) is 3. The van der Waals surface area contributed by atoms with Crippen LogP contribution in [-0.4, -0.2) is 22.1 Å². The minimum absolute atomic E-state index is 0.363. The van der Waals surface area contributed by atoms with Gasteiger partial charge in [0.1, 0.15) is 11.3 Å². The average molecular weight is 205 g/mol. The Balaban J connectivity index is 2.56. The Bertz CT molecular complexity index is 464. The molecular weight excluding hydrogens is 190 g/mol. The van der Waals surface area contributed by atoms with E-state index >= 15 is 0 Å². The molecule has 4 nitrogen and oxygen atoms in total. The fraction of sp³-hybridized carbons (Fsp3) is 0.455. The van der Waals surface area contributed by atoms with E-state index in [1.54, 1.807) is 7.11 Å². The van der Waals surface area contributed by atoms with Crippen molar-refractivity contribution in [2.45, 2.75) is 26.3 Å². The second-order valence-corrected chi connectivity index (χ2v) is 3.65. The van der Waals surface area contributed by atoms with Crippen molar-refractivity contribution in [3.8, 4) is 5.75 Å². The number of hydrogen-bond acceptors (Lipinski definition) is 3. The summed E-state index contributed by atoms with van der Waals surface area (Å²) in [6.45, 7) is 4.27. The van der Waals surface area contributed by atoms with E-state index in [1.807, 2.05) is 22.9 Å². The molecule has 0 aliphatic heterocycles. The van der Waals surface area contributed by atoms with Gasteiger partial charge in [0.05, 0.1) is 18.7 Å². The van der Waals surface area contributed by atoms with Gasteiger partial charge in [-0.1, -0.05) is 12.1 Å². The van der Waals surface area contributed by atoms with Gasteiger partial charge in [-0.3, -0.25) is 0 Å². The van der Waals surface area contributed by atoms with Crippen LogP contribution in [0, 0.1) is 0 Å². The Kier molecular flexibility index (Phi) is 2.58. The molecule has 0 aliphatic rings. The second kappa shape index (κ2) is 3.88. The first-order chi connectivity index (χ1) is 7.26. The lowest BCUT2D eigenvalue weighted by Gasteiger charge is -2.09. The zero-order chi connectivity index (χ0) is 10.8. The first kappa shape index (κ1) is 9.96. The largest absolute Gasteiger partial charge is 0.497 e. The molecule has 80 valence electrons. The lowest BCUT2D eigenvalue weighted by atomic mass is 10.2. The fourth-order valence-electron chi connectivity index (χ4n) is 1.54. The van der Waals surface area contributed by atoms with Crippen LogP contribution in [0.15, 0.2) is 18.2 Å². The van der Waals surface area contributed by atoms with E-state index in [-0.39, 0.29) is 0 Å². The number of rotatable bonds is 3. The van der Waals surface area contributed by atoms with Crippen LogP contribution in [0.25, 0.3) is 11.0 Å². The first-order valence-electron chi connectivity index (χ1n) is 5.15. The molecule has 0 N–H and O–H groups in total. The number of benzene rings is 1. The summed E-state index contributed by atoms with van der Waals surface area (Å²) >= 11 is 0. The van der Waals surface area contributed by atoms with E-state index in [0.29, 0.717) is 6.04 Å². The van der Waals surface area contributed by atoms with Gasteiger partial charge in [0.25, 0.3) is 0 Å². The maximum atomic E-state index is 5.19. The van der Waals surface area contributed by atoms with E-state index in [9.17, 15) is 0 Å². The highest BCUT2D eigenvalue weighted by Crippen LogP contribution is 2.22. The van der Waals surface area contributed by atoms with Crippen molar-refractivity contribution >= 4 is 11.0 Å². The van der Waals surface area contributed by atoms with Crippen LogP contribution in [0.1, 0.15) is 26.3 Å². The predicted molar refractivity (Wildman–Crippen MR) is 59.1 cm³/mol. The molecule has 0 saturated carbocycles. The molecule has 0 saturated heterocycles. The average Bonchev–Trinajstić information content (AvgIpc) is 2.70. The van der Waals surface area contributed by atoms with Crippen molar-refractivity contribution in [3.05, 3.63) is 18.2 Å². The van der Waals surface area contributed by atoms with Crippen LogP contribution in [0.3, 0.4) is 0 Å². The molecule has 1 atom stereocenters. The summed E-state index contributed by atoms with van der Waals surface area (Å²) < 4.78 is 7.13. The van der Waals surface area contributed by atoms with Crippen molar-refractivity contribution in [1.82, 2.24) is 15.0 Å². The van der Waals surface area contributed by atoms with Crippen molar-refractivity contribution in [2.75, 3.05) is 7.11 Å². The van der Waals surface area contributed by atoms with Crippen LogP contribution in [0.5, 0.6) is 5.75 Å². The highest BCUT2D eigenvalue weighted by Gasteiger charge is 2.09. The normalized spacial score (nSPS) is 13.0. The molecule has 0 bridgehead atoms. The number of methoxy groups -OCH3 is 1. The van der Waals surface area contributed by atoms with Gasteiger partial charge in [-0.25, -0.2) is 4.68 Å². The molecule has 1 aromatic heterocycles. The number of aromatic nitrogens is 3. The topological polar surface area (TPSA) is 39.9 Å². The molecule has 0 spiro atoms. The van der Waals surface area contributed by atoms with Gasteiger partial charge < -0.3 is 4.74 Å². The van der Waals surface area contributed by atoms with Crippen LogP contribution < -0.4 is 4.74 Å². The molecule has 2 rings (SSSR count). The predicted octanol–water partition coefficient (Wildman–Crippen LogP) is 2.41. The summed E-state index contributed by atoms with van der Waals surface area (Å²) in [5.41, 5.74) is 1.94. The van der Waals surface area contributed by atoms with Gasteiger partial charge in [0.2, 0.25) is 0 Å². The SMILES string of the molecule is CCC(C)n1nnc2ccc(OC)cc21. The summed E-state index contributed by atoms with van der Waals surface area (Å²) in [6, 6.07) is 6.17. The molecule has 0 fully saturated rings. The Morgan fingerprint density at radius 2 is 2.27 bits per heavy atom. The van der Waals surface area contributed by atoms with Crippen molar-refractivity contribution < 1.29 is 4.74 Å². The lowest BCUT2D eigenvalue weighted by Crippen LogP contribution is -2.05. The molecular formula is C11H15N3O. The number of hydrogen-bond donors (Lipinski definition) is 0. The van der Waals surface area contributed by atoms with E-state index < -0.39 is 0 Å². The van der Waals surface area contributed by atoms with Crippen molar-refractivity contribution in [2.24, 2.45) is 0 Å². The lowest BCUT2D eigenvalue weighted by molar-refractivity contribution is 0.414. The summed E-state index contributed by atoms with van der Waals surface area (Å²) in [4.78, 5) is 0. The van der Waals surface area contributed by atoms with E-state index in [1.165, 1.54) is 0 Å². The molecule has 0 aliphatic carbocycles. The Labute approximate surface area is 88.8 Å². The third kappa shape index (κ3) is 1.67. The smallest absolute Gasteiger partial charge is 0.121 e. The standard InChI is InChI=1S/C11H15N3O/c1-4-8(2)14-11-7-9(15-3)5-6-10(11)12-13-14/h5-8H,4H2,1-3H3. The van der Waals surface area contributed by atoms with Gasteiger partial charge in [0.15, 0.2) is 0 Å². The maximum absolute atomic E-state index is 5.19. The monoisotopic (exact) mass is 205 g/mol. The van der Waals surface area contributed by atoms with Gasteiger partial charge in [0, 0.05) is 6.07 Å². The third-order valence-electron chi connectivity index (χ3n) is 2.69. The van der Waals surface area contributed by atoms with E-state index in [4.69, 9.17) is 4.74 Å². The molecule has 1 unspecified atom stereocenters. The van der Waals surface area contributed by atoms with Crippen molar-refractivity contribution in [1.29, 1.82) is 0 Å². The number of fused-ring (bicyclic) bond motifs is 1. The summed E-state index contributed by atoms with van der Waals surface area (Å²) in [6.07, 6.45) is 1.04.